The van der Waals surface area contributed by atoms with Gasteiger partial charge < -0.3 is 33.2 Å². The molecule has 1 N–H and O–H groups in total. The smallest absolute Gasteiger partial charge is 0.192 e. The van der Waals surface area contributed by atoms with Gasteiger partial charge in [0.25, 0.3) is 0 Å². The molecule has 47 heavy (non-hydrogen) atoms. The number of ether oxygens (including phenoxy) is 5. The van der Waals surface area contributed by atoms with E-state index in [1.807, 2.05) is 13.8 Å². The van der Waals surface area contributed by atoms with Gasteiger partial charge in [-0.1, -0.05) is 137 Å². The molecule has 0 aliphatic carbocycles. The zero-order chi connectivity index (χ0) is 34.8. The summed E-state index contributed by atoms with van der Waals surface area (Å²) in [5.41, 5.74) is 0. The molecule has 0 aromatic rings. The second-order valence-corrected chi connectivity index (χ2v) is 21.2. The summed E-state index contributed by atoms with van der Waals surface area (Å²) in [7, 11) is -1.94. The summed E-state index contributed by atoms with van der Waals surface area (Å²) >= 11 is 0. The lowest BCUT2D eigenvalue weighted by atomic mass is 9.96. The standard InChI is InChI=1S/C39H78O7Si/c1-10-12-14-16-18-20-21-23-25-27-32(46-47(8,9)38(3,4)5)28-30-42-36-35(41-29-26-24-22-19-17-15-13-11-2)34-33(44-37(36)40)31-43-39(6,7)45-34/h32-37,40H,10-31H2,1-9H3/t32-,33-,34-,35+,36-,37+/m1/s1. The van der Waals surface area contributed by atoms with Crippen molar-refractivity contribution < 1.29 is 33.2 Å². The van der Waals surface area contributed by atoms with Crippen molar-refractivity contribution in [2.45, 2.75) is 231 Å². The van der Waals surface area contributed by atoms with Crippen LogP contribution in [0, 0.1) is 0 Å². The van der Waals surface area contributed by atoms with Crippen LogP contribution in [0.25, 0.3) is 0 Å². The van der Waals surface area contributed by atoms with Crippen molar-refractivity contribution in [1.82, 2.24) is 0 Å². The van der Waals surface area contributed by atoms with E-state index in [9.17, 15) is 5.11 Å². The molecule has 0 amide bonds. The normalized spacial score (nSPS) is 25.5. The van der Waals surface area contributed by atoms with Gasteiger partial charge in [0.15, 0.2) is 20.4 Å². The van der Waals surface area contributed by atoms with Gasteiger partial charge in [0.1, 0.15) is 24.4 Å². The summed E-state index contributed by atoms with van der Waals surface area (Å²) in [4.78, 5) is 0. The van der Waals surface area contributed by atoms with Crippen LogP contribution in [-0.2, 0) is 28.1 Å². The Morgan fingerprint density at radius 3 is 1.79 bits per heavy atom. The molecule has 7 nitrogen and oxygen atoms in total. The van der Waals surface area contributed by atoms with Crippen molar-refractivity contribution in [1.29, 1.82) is 0 Å². The SMILES string of the molecule is CCCCCCCCCCC[C@H](CCO[C@@H]1[C@@H](OCCCCCCCCCC)[C@@H]2OC(C)(C)OC[C@H]2O[C@@H]1O)O[Si](C)(C)C(C)(C)C. The van der Waals surface area contributed by atoms with E-state index < -0.39 is 32.6 Å². The highest BCUT2D eigenvalue weighted by Gasteiger charge is 2.52. The second kappa shape index (κ2) is 22.7. The van der Waals surface area contributed by atoms with E-state index in [-0.39, 0.29) is 23.4 Å². The third kappa shape index (κ3) is 16.7. The molecule has 0 radical (unpaired) electrons. The summed E-state index contributed by atoms with van der Waals surface area (Å²) in [6.07, 6.45) is 20.9. The van der Waals surface area contributed by atoms with E-state index in [4.69, 9.17) is 28.1 Å². The van der Waals surface area contributed by atoms with Crippen LogP contribution in [-0.4, -0.2) is 75.8 Å². The Bertz CT molecular complexity index is 786. The first-order valence-corrected chi connectivity index (χ1v) is 22.8. The third-order valence-corrected chi connectivity index (χ3v) is 15.1. The van der Waals surface area contributed by atoms with Gasteiger partial charge in [-0.2, -0.15) is 0 Å². The quantitative estimate of drug-likeness (QED) is 0.0717. The van der Waals surface area contributed by atoms with Crippen LogP contribution in [0.1, 0.15) is 170 Å². The van der Waals surface area contributed by atoms with Gasteiger partial charge in [0, 0.05) is 19.3 Å². The molecule has 0 aromatic carbocycles. The van der Waals surface area contributed by atoms with Crippen molar-refractivity contribution in [3.8, 4) is 0 Å². The predicted molar refractivity (Wildman–Crippen MR) is 196 cm³/mol. The average Bonchev–Trinajstić information content (AvgIpc) is 2.99. The van der Waals surface area contributed by atoms with E-state index in [0.717, 1.165) is 25.7 Å². The molecular formula is C39H78O7Si. The maximum atomic E-state index is 11.1. The third-order valence-electron chi connectivity index (χ3n) is 10.6. The molecule has 2 fully saturated rings. The molecule has 0 unspecified atom stereocenters. The largest absolute Gasteiger partial charge is 0.414 e. The van der Waals surface area contributed by atoms with Gasteiger partial charge in [-0.05, 0) is 51.2 Å². The molecule has 0 spiro atoms. The molecule has 2 rings (SSSR count). The lowest BCUT2D eigenvalue weighted by Crippen LogP contribution is -2.65. The highest BCUT2D eigenvalue weighted by molar-refractivity contribution is 6.74. The van der Waals surface area contributed by atoms with Gasteiger partial charge >= 0.3 is 0 Å². The number of fused-ring (bicyclic) bond motifs is 1. The first-order chi connectivity index (χ1) is 22.3. The fourth-order valence-electron chi connectivity index (χ4n) is 6.51. The molecule has 6 atom stereocenters. The summed E-state index contributed by atoms with van der Waals surface area (Å²) in [6, 6.07) is 0. The predicted octanol–water partition coefficient (Wildman–Crippen LogP) is 10.5. The molecule has 8 heteroatoms. The Morgan fingerprint density at radius 2 is 1.23 bits per heavy atom. The number of aliphatic hydroxyl groups excluding tert-OH is 1. The maximum Gasteiger partial charge on any atom is 0.192 e. The fraction of sp³-hybridized carbons (Fsp3) is 1.00. The van der Waals surface area contributed by atoms with Crippen molar-refractivity contribution >= 4 is 8.32 Å². The molecule has 2 aliphatic heterocycles. The summed E-state index contributed by atoms with van der Waals surface area (Å²) in [6.45, 7) is 21.5. The first kappa shape index (κ1) is 43.1. The monoisotopic (exact) mass is 687 g/mol. The van der Waals surface area contributed by atoms with E-state index in [0.29, 0.717) is 19.8 Å². The number of rotatable bonds is 26. The van der Waals surface area contributed by atoms with E-state index in [1.165, 1.54) is 96.3 Å². The number of hydrogen-bond acceptors (Lipinski definition) is 7. The van der Waals surface area contributed by atoms with Crippen molar-refractivity contribution in [3.63, 3.8) is 0 Å². The van der Waals surface area contributed by atoms with Gasteiger partial charge in [0.2, 0.25) is 0 Å². The minimum Gasteiger partial charge on any atom is -0.414 e. The molecule has 2 heterocycles. The van der Waals surface area contributed by atoms with Crippen LogP contribution in [0.5, 0.6) is 0 Å². The topological polar surface area (TPSA) is 75.6 Å². The van der Waals surface area contributed by atoms with Crippen LogP contribution in [0.15, 0.2) is 0 Å². The fourth-order valence-corrected chi connectivity index (χ4v) is 7.94. The summed E-state index contributed by atoms with van der Waals surface area (Å²) in [5.74, 6) is -0.741. The van der Waals surface area contributed by atoms with Gasteiger partial charge in [0.05, 0.1) is 6.61 Å². The van der Waals surface area contributed by atoms with E-state index in [2.05, 4.69) is 47.7 Å². The Morgan fingerprint density at radius 1 is 0.723 bits per heavy atom. The lowest BCUT2D eigenvalue weighted by molar-refractivity contribution is -0.384. The first-order valence-electron chi connectivity index (χ1n) is 19.9. The number of aliphatic hydroxyl groups is 1. The van der Waals surface area contributed by atoms with E-state index >= 15 is 0 Å². The average molecular weight is 687 g/mol. The summed E-state index contributed by atoms with van der Waals surface area (Å²) in [5, 5.41) is 11.3. The Labute approximate surface area is 292 Å². The van der Waals surface area contributed by atoms with Gasteiger partial charge in [-0.3, -0.25) is 0 Å². The van der Waals surface area contributed by atoms with Crippen LogP contribution in [0.2, 0.25) is 18.1 Å². The van der Waals surface area contributed by atoms with Crippen molar-refractivity contribution in [3.05, 3.63) is 0 Å². The number of unbranched alkanes of at least 4 members (excludes halogenated alkanes) is 15. The number of hydrogen-bond donors (Lipinski definition) is 1. The molecule has 2 saturated heterocycles. The van der Waals surface area contributed by atoms with Crippen LogP contribution >= 0.6 is 0 Å². The molecule has 280 valence electrons. The second-order valence-electron chi connectivity index (χ2n) is 16.4. The zero-order valence-corrected chi connectivity index (χ0v) is 33.4. The minimum atomic E-state index is -1.94. The van der Waals surface area contributed by atoms with Crippen molar-refractivity contribution in [2.24, 2.45) is 0 Å². The Kier molecular flexibility index (Phi) is 20.8. The molecule has 2 aliphatic rings. The Hall–Kier alpha value is -0.0631. The maximum absolute atomic E-state index is 11.1. The lowest BCUT2D eigenvalue weighted by Gasteiger charge is -2.50. The molecular weight excluding hydrogens is 609 g/mol. The van der Waals surface area contributed by atoms with Gasteiger partial charge in [-0.15, -0.1) is 0 Å². The van der Waals surface area contributed by atoms with E-state index in [1.54, 1.807) is 0 Å². The highest BCUT2D eigenvalue weighted by atomic mass is 28.4. The van der Waals surface area contributed by atoms with Crippen LogP contribution in [0.3, 0.4) is 0 Å². The van der Waals surface area contributed by atoms with Crippen molar-refractivity contribution in [2.75, 3.05) is 19.8 Å². The molecule has 0 aromatic heterocycles. The Balaban J connectivity index is 1.96. The zero-order valence-electron chi connectivity index (χ0n) is 32.4. The van der Waals surface area contributed by atoms with Crippen LogP contribution in [0.4, 0.5) is 0 Å². The minimum absolute atomic E-state index is 0.143. The van der Waals surface area contributed by atoms with Crippen LogP contribution < -0.4 is 0 Å². The highest BCUT2D eigenvalue weighted by Crippen LogP contribution is 2.39. The molecule has 0 saturated carbocycles. The summed E-state index contributed by atoms with van der Waals surface area (Å²) < 4.78 is 38.2. The molecule has 0 bridgehead atoms. The van der Waals surface area contributed by atoms with Gasteiger partial charge in [-0.25, -0.2) is 0 Å².